The number of aromatic nitrogens is 1. The fourth-order valence-electron chi connectivity index (χ4n) is 1.58. The number of alkyl halides is 3. The quantitative estimate of drug-likeness (QED) is 0.821. The molecule has 10 heteroatoms. The van der Waals surface area contributed by atoms with Crippen molar-refractivity contribution in [2.45, 2.75) is 6.18 Å². The molecule has 0 fully saturated rings. The van der Waals surface area contributed by atoms with Gasteiger partial charge in [0.05, 0.1) is 6.54 Å². The van der Waals surface area contributed by atoms with Crippen molar-refractivity contribution in [2.24, 2.45) is 0 Å². The Morgan fingerprint density at radius 2 is 2.00 bits per heavy atom. The zero-order chi connectivity index (χ0) is 17.7. The van der Waals surface area contributed by atoms with Crippen LogP contribution in [0.15, 0.2) is 29.6 Å². The number of thiazole rings is 1. The highest BCUT2D eigenvalue weighted by Crippen LogP contribution is 2.31. The lowest BCUT2D eigenvalue weighted by atomic mass is 10.3. The number of amides is 2. The minimum absolute atomic E-state index is 0.140. The van der Waals surface area contributed by atoms with Crippen molar-refractivity contribution in [2.75, 3.05) is 25.5 Å². The molecule has 0 saturated heterocycles. The van der Waals surface area contributed by atoms with Crippen LogP contribution in [-0.4, -0.2) is 36.1 Å². The number of rotatable bonds is 5. The fourth-order valence-corrected chi connectivity index (χ4v) is 2.29. The van der Waals surface area contributed by atoms with Crippen molar-refractivity contribution in [3.05, 3.63) is 41.2 Å². The van der Waals surface area contributed by atoms with Gasteiger partial charge in [0.25, 0.3) is 0 Å². The second kappa shape index (κ2) is 7.47. The van der Waals surface area contributed by atoms with Gasteiger partial charge in [0.15, 0.2) is 10.8 Å². The summed E-state index contributed by atoms with van der Waals surface area (Å²) in [6.07, 6.45) is -4.55. The maximum Gasteiger partial charge on any atom is 0.434 e. The van der Waals surface area contributed by atoms with Gasteiger partial charge < -0.3 is 9.64 Å². The number of carbonyl (C=O) groups excluding carboxylic acids is 1. The lowest BCUT2D eigenvalue weighted by Gasteiger charge is -2.17. The largest absolute Gasteiger partial charge is 0.492 e. The summed E-state index contributed by atoms with van der Waals surface area (Å²) in [5.41, 5.74) is -1.05. The van der Waals surface area contributed by atoms with Crippen LogP contribution in [0.2, 0.25) is 0 Å². The standard InChI is InChI=1S/C14H13F4N3O2S/c1-21(6-7-23-10-4-2-9(15)3-5-10)13(22)20-12-19-11(8-24-12)14(16,17)18/h2-5,8H,6-7H2,1H3,(H,19,20,22). The van der Waals surface area contributed by atoms with Crippen LogP contribution >= 0.6 is 11.3 Å². The molecule has 0 atom stereocenters. The lowest BCUT2D eigenvalue weighted by molar-refractivity contribution is -0.140. The van der Waals surface area contributed by atoms with E-state index in [0.29, 0.717) is 17.1 Å². The maximum absolute atomic E-state index is 12.7. The predicted octanol–water partition coefficient (Wildman–Crippen LogP) is 3.84. The van der Waals surface area contributed by atoms with Gasteiger partial charge in [-0.15, -0.1) is 11.3 Å². The number of urea groups is 1. The zero-order valence-electron chi connectivity index (χ0n) is 12.4. The molecule has 0 radical (unpaired) electrons. The van der Waals surface area contributed by atoms with E-state index in [-0.39, 0.29) is 24.1 Å². The van der Waals surface area contributed by atoms with Crippen LogP contribution in [0.3, 0.4) is 0 Å². The van der Waals surface area contributed by atoms with E-state index < -0.39 is 17.9 Å². The normalized spacial score (nSPS) is 11.2. The summed E-state index contributed by atoms with van der Waals surface area (Å²) in [6, 6.07) is 4.77. The molecule has 1 aromatic heterocycles. The van der Waals surface area contributed by atoms with Crippen LogP contribution in [0.5, 0.6) is 5.75 Å². The van der Waals surface area contributed by atoms with E-state index in [2.05, 4.69) is 10.3 Å². The lowest BCUT2D eigenvalue weighted by Crippen LogP contribution is -2.34. The van der Waals surface area contributed by atoms with Gasteiger partial charge in [-0.2, -0.15) is 13.2 Å². The Morgan fingerprint density at radius 1 is 1.33 bits per heavy atom. The first-order valence-corrected chi connectivity index (χ1v) is 7.57. The number of benzene rings is 1. The van der Waals surface area contributed by atoms with Crippen molar-refractivity contribution in [3.63, 3.8) is 0 Å². The number of hydrogen-bond donors (Lipinski definition) is 1. The van der Waals surface area contributed by atoms with E-state index in [0.717, 1.165) is 5.38 Å². The molecule has 0 spiro atoms. The van der Waals surface area contributed by atoms with Gasteiger partial charge in [-0.1, -0.05) is 0 Å². The minimum Gasteiger partial charge on any atom is -0.492 e. The van der Waals surface area contributed by atoms with Crippen LogP contribution in [-0.2, 0) is 6.18 Å². The number of ether oxygens (including phenoxy) is 1. The highest BCUT2D eigenvalue weighted by molar-refractivity contribution is 7.13. The van der Waals surface area contributed by atoms with Crippen molar-refractivity contribution >= 4 is 22.5 Å². The Hall–Kier alpha value is -2.36. The van der Waals surface area contributed by atoms with Gasteiger partial charge in [-0.05, 0) is 24.3 Å². The maximum atomic E-state index is 12.7. The first kappa shape index (κ1) is 18.0. The minimum atomic E-state index is -4.55. The summed E-state index contributed by atoms with van der Waals surface area (Å²) in [5.74, 6) is 0.0560. The van der Waals surface area contributed by atoms with Crippen molar-refractivity contribution in [3.8, 4) is 5.75 Å². The second-order valence-corrected chi connectivity index (χ2v) is 5.55. The van der Waals surface area contributed by atoms with Crippen molar-refractivity contribution in [1.29, 1.82) is 0 Å². The topological polar surface area (TPSA) is 54.5 Å². The highest BCUT2D eigenvalue weighted by atomic mass is 32.1. The monoisotopic (exact) mass is 363 g/mol. The number of nitrogens with zero attached hydrogens (tertiary/aromatic N) is 2. The molecule has 24 heavy (non-hydrogen) atoms. The summed E-state index contributed by atoms with van der Waals surface area (Å²) < 4.78 is 55.4. The highest BCUT2D eigenvalue weighted by Gasteiger charge is 2.34. The van der Waals surface area contributed by atoms with E-state index in [1.807, 2.05) is 0 Å². The van der Waals surface area contributed by atoms with Gasteiger partial charge in [0.1, 0.15) is 18.2 Å². The van der Waals surface area contributed by atoms with Crippen LogP contribution in [0.4, 0.5) is 27.5 Å². The van der Waals surface area contributed by atoms with E-state index in [1.54, 1.807) is 0 Å². The number of anilines is 1. The molecule has 1 aromatic carbocycles. The Kier molecular flexibility index (Phi) is 5.60. The number of hydrogen-bond acceptors (Lipinski definition) is 4. The molecule has 0 saturated carbocycles. The molecule has 0 unspecified atom stereocenters. The summed E-state index contributed by atoms with van der Waals surface area (Å²) in [7, 11) is 1.46. The van der Waals surface area contributed by atoms with Gasteiger partial charge in [0.2, 0.25) is 0 Å². The Morgan fingerprint density at radius 3 is 2.58 bits per heavy atom. The molecule has 130 valence electrons. The van der Waals surface area contributed by atoms with E-state index in [9.17, 15) is 22.4 Å². The van der Waals surface area contributed by atoms with Crippen LogP contribution in [0, 0.1) is 5.82 Å². The molecular weight excluding hydrogens is 350 g/mol. The molecule has 2 rings (SSSR count). The van der Waals surface area contributed by atoms with Crippen LogP contribution < -0.4 is 10.1 Å². The molecule has 2 amide bonds. The summed E-state index contributed by atoms with van der Waals surface area (Å²) in [5, 5.41) is 2.97. The molecule has 2 aromatic rings. The van der Waals surface area contributed by atoms with Gasteiger partial charge in [-0.25, -0.2) is 14.2 Å². The van der Waals surface area contributed by atoms with Gasteiger partial charge >= 0.3 is 12.2 Å². The number of likely N-dealkylation sites (N-methyl/N-ethyl adjacent to an activating group) is 1. The second-order valence-electron chi connectivity index (χ2n) is 4.69. The molecule has 1 N–H and O–H groups in total. The Labute approximate surface area is 138 Å². The zero-order valence-corrected chi connectivity index (χ0v) is 13.2. The fraction of sp³-hybridized carbons (Fsp3) is 0.286. The molecular formula is C14H13F4N3O2S. The smallest absolute Gasteiger partial charge is 0.434 e. The summed E-state index contributed by atoms with van der Waals surface area (Å²) in [6.45, 7) is 0.321. The Balaban J connectivity index is 1.79. The average Bonchev–Trinajstić information content (AvgIpc) is 2.98. The van der Waals surface area contributed by atoms with Gasteiger partial charge in [0, 0.05) is 12.4 Å². The van der Waals surface area contributed by atoms with E-state index >= 15 is 0 Å². The average molecular weight is 363 g/mol. The third kappa shape index (κ3) is 5.08. The molecule has 5 nitrogen and oxygen atoms in total. The molecule has 0 aliphatic heterocycles. The number of halogens is 4. The molecule has 0 aliphatic rings. The van der Waals surface area contributed by atoms with Gasteiger partial charge in [-0.3, -0.25) is 5.32 Å². The Bertz CT molecular complexity index is 688. The third-order valence-corrected chi connectivity index (χ3v) is 3.62. The van der Waals surface area contributed by atoms with Crippen LogP contribution in [0.1, 0.15) is 5.69 Å². The SMILES string of the molecule is CN(CCOc1ccc(F)cc1)C(=O)Nc1nc(C(F)(F)F)cs1. The number of nitrogens with one attached hydrogen (secondary N) is 1. The van der Waals surface area contributed by atoms with Crippen molar-refractivity contribution in [1.82, 2.24) is 9.88 Å². The molecule has 0 aliphatic carbocycles. The van der Waals surface area contributed by atoms with Crippen molar-refractivity contribution < 1.29 is 27.1 Å². The summed E-state index contributed by atoms with van der Waals surface area (Å²) >= 11 is 0.688. The molecule has 0 bridgehead atoms. The predicted molar refractivity (Wildman–Crippen MR) is 80.7 cm³/mol. The summed E-state index contributed by atoms with van der Waals surface area (Å²) in [4.78, 5) is 16.4. The van der Waals surface area contributed by atoms with E-state index in [4.69, 9.17) is 4.74 Å². The first-order chi connectivity index (χ1) is 11.3. The number of carbonyl (C=O) groups is 1. The third-order valence-electron chi connectivity index (χ3n) is 2.86. The van der Waals surface area contributed by atoms with E-state index in [1.165, 1.54) is 36.2 Å². The van der Waals surface area contributed by atoms with Crippen LogP contribution in [0.25, 0.3) is 0 Å². The first-order valence-electron chi connectivity index (χ1n) is 6.69. The molecule has 1 heterocycles.